The predicted octanol–water partition coefficient (Wildman–Crippen LogP) is 10.8. The molecule has 220 valence electrons. The molecule has 0 saturated carbocycles. The van der Waals surface area contributed by atoms with Crippen molar-refractivity contribution in [1.29, 1.82) is 0 Å². The fourth-order valence-corrected chi connectivity index (χ4v) is 5.98. The van der Waals surface area contributed by atoms with Crippen LogP contribution in [0.15, 0.2) is 134 Å². The Kier molecular flexibility index (Phi) is 8.92. The standard InChI is InChI=1S/C38H32Cl2N2O2/c1-3-5-9-25(4-2)23-43-28-13-16-36-31(19-28)33(21-41-36)38(30-15-12-27(39)18-35(30)40)34-22-42-37-17-14-29(20-32(34)37)44-24-26-10-7-6-8-11-26/h3-22,38,41-42H,1,23-24H2,2H3/b9-5-,25-4+. The molecular weight excluding hydrogens is 587 g/mol. The summed E-state index contributed by atoms with van der Waals surface area (Å²) >= 11 is 13.3. The van der Waals surface area contributed by atoms with Crippen LogP contribution in [0.1, 0.15) is 35.1 Å². The van der Waals surface area contributed by atoms with Gasteiger partial charge in [0.25, 0.3) is 0 Å². The highest BCUT2D eigenvalue weighted by molar-refractivity contribution is 6.35. The number of allylic oxidation sites excluding steroid dienone is 3. The number of hydrogen-bond donors (Lipinski definition) is 2. The van der Waals surface area contributed by atoms with Gasteiger partial charge in [-0.15, -0.1) is 0 Å². The van der Waals surface area contributed by atoms with Crippen molar-refractivity contribution in [2.75, 3.05) is 6.61 Å². The molecule has 0 spiro atoms. The zero-order valence-corrected chi connectivity index (χ0v) is 25.8. The molecule has 6 heteroatoms. The zero-order chi connectivity index (χ0) is 30.5. The van der Waals surface area contributed by atoms with E-state index in [0.717, 1.165) is 61.1 Å². The smallest absolute Gasteiger partial charge is 0.120 e. The van der Waals surface area contributed by atoms with Gasteiger partial charge in [-0.05, 0) is 83.3 Å². The van der Waals surface area contributed by atoms with Crippen LogP contribution in [0.25, 0.3) is 21.8 Å². The van der Waals surface area contributed by atoms with Gasteiger partial charge in [-0.3, -0.25) is 0 Å². The number of aromatic nitrogens is 2. The third-order valence-corrected chi connectivity index (χ3v) is 8.30. The minimum absolute atomic E-state index is 0.205. The Balaban J connectivity index is 1.42. The minimum Gasteiger partial charge on any atom is -0.489 e. The van der Waals surface area contributed by atoms with Crippen LogP contribution >= 0.6 is 23.2 Å². The molecule has 0 fully saturated rings. The number of hydrogen-bond acceptors (Lipinski definition) is 2. The van der Waals surface area contributed by atoms with Crippen LogP contribution in [-0.4, -0.2) is 16.6 Å². The van der Waals surface area contributed by atoms with E-state index in [1.807, 2.05) is 73.7 Å². The molecule has 2 N–H and O–H groups in total. The van der Waals surface area contributed by atoms with E-state index < -0.39 is 0 Å². The number of fused-ring (bicyclic) bond motifs is 2. The van der Waals surface area contributed by atoms with Gasteiger partial charge in [-0.25, -0.2) is 0 Å². The third-order valence-electron chi connectivity index (χ3n) is 7.74. The molecule has 0 aliphatic rings. The van der Waals surface area contributed by atoms with Gasteiger partial charge in [0.05, 0.1) is 0 Å². The molecule has 0 saturated heterocycles. The Hall–Kier alpha value is -4.64. The topological polar surface area (TPSA) is 50.0 Å². The molecule has 1 atom stereocenters. The second-order valence-electron chi connectivity index (χ2n) is 10.5. The van der Waals surface area contributed by atoms with Crippen LogP contribution in [0.2, 0.25) is 10.0 Å². The van der Waals surface area contributed by atoms with E-state index in [9.17, 15) is 0 Å². The van der Waals surface area contributed by atoms with Gasteiger partial charge >= 0.3 is 0 Å². The summed E-state index contributed by atoms with van der Waals surface area (Å²) in [5, 5.41) is 3.29. The fourth-order valence-electron chi connectivity index (χ4n) is 5.46. The normalized spacial score (nSPS) is 12.7. The molecule has 0 bridgehead atoms. The average molecular weight is 620 g/mol. The highest BCUT2D eigenvalue weighted by Crippen LogP contribution is 2.43. The molecule has 0 radical (unpaired) electrons. The summed E-state index contributed by atoms with van der Waals surface area (Å²) in [6.07, 6.45) is 11.8. The molecule has 6 rings (SSSR count). The van der Waals surface area contributed by atoms with Gasteiger partial charge in [0.2, 0.25) is 0 Å². The van der Waals surface area contributed by atoms with Crippen molar-refractivity contribution >= 4 is 45.0 Å². The zero-order valence-electron chi connectivity index (χ0n) is 24.3. The predicted molar refractivity (Wildman–Crippen MR) is 183 cm³/mol. The lowest BCUT2D eigenvalue weighted by Crippen LogP contribution is -2.04. The Morgan fingerprint density at radius 2 is 1.45 bits per heavy atom. The number of H-pyrrole nitrogens is 2. The van der Waals surface area contributed by atoms with Crippen molar-refractivity contribution in [3.05, 3.63) is 166 Å². The van der Waals surface area contributed by atoms with Gasteiger partial charge < -0.3 is 19.4 Å². The van der Waals surface area contributed by atoms with Gasteiger partial charge in [-0.2, -0.15) is 0 Å². The van der Waals surface area contributed by atoms with Crippen LogP contribution in [0.5, 0.6) is 11.5 Å². The average Bonchev–Trinajstić information content (AvgIpc) is 3.66. The maximum Gasteiger partial charge on any atom is 0.120 e. The minimum atomic E-state index is -0.205. The molecule has 44 heavy (non-hydrogen) atoms. The Labute approximate surface area is 267 Å². The molecule has 4 nitrogen and oxygen atoms in total. The third kappa shape index (κ3) is 6.33. The molecule has 6 aromatic rings. The first-order chi connectivity index (χ1) is 21.5. The Bertz CT molecular complexity index is 1990. The quantitative estimate of drug-likeness (QED) is 0.142. The van der Waals surface area contributed by atoms with Crippen molar-refractivity contribution in [3.63, 3.8) is 0 Å². The van der Waals surface area contributed by atoms with E-state index in [1.165, 1.54) is 0 Å². The molecule has 1 unspecified atom stereocenters. The van der Waals surface area contributed by atoms with E-state index >= 15 is 0 Å². The number of benzene rings is 4. The second kappa shape index (κ2) is 13.3. The summed E-state index contributed by atoms with van der Waals surface area (Å²) < 4.78 is 12.4. The summed E-state index contributed by atoms with van der Waals surface area (Å²) in [5.74, 6) is 1.37. The highest BCUT2D eigenvalue weighted by Gasteiger charge is 2.26. The molecule has 2 aromatic heterocycles. The van der Waals surface area contributed by atoms with Crippen LogP contribution in [0.4, 0.5) is 0 Å². The van der Waals surface area contributed by atoms with E-state index in [1.54, 1.807) is 12.1 Å². The summed E-state index contributed by atoms with van der Waals surface area (Å²) in [6, 6.07) is 28.1. The van der Waals surface area contributed by atoms with Crippen LogP contribution < -0.4 is 9.47 Å². The molecule has 2 heterocycles. The lowest BCUT2D eigenvalue weighted by Gasteiger charge is -2.19. The lowest BCUT2D eigenvalue weighted by molar-refractivity contribution is 0.306. The van der Waals surface area contributed by atoms with E-state index in [4.69, 9.17) is 32.7 Å². The summed E-state index contributed by atoms with van der Waals surface area (Å²) in [6.45, 7) is 6.70. The number of nitrogens with one attached hydrogen (secondary N) is 2. The number of aromatic amines is 2. The maximum absolute atomic E-state index is 6.91. The SMILES string of the molecule is C=C/C=C\C(=C/C)COc1ccc2[nH]cc(C(c3ccc(Cl)cc3Cl)c3c[nH]c4ccc(OCc5ccccc5)cc34)c2c1. The summed E-state index contributed by atoms with van der Waals surface area (Å²) in [7, 11) is 0. The van der Waals surface area contributed by atoms with Gasteiger partial charge in [0.1, 0.15) is 24.7 Å². The Morgan fingerprint density at radius 1 is 0.795 bits per heavy atom. The van der Waals surface area contributed by atoms with Gasteiger partial charge in [0.15, 0.2) is 0 Å². The van der Waals surface area contributed by atoms with E-state index in [2.05, 4.69) is 59.3 Å². The van der Waals surface area contributed by atoms with Crippen LogP contribution in [0.3, 0.4) is 0 Å². The van der Waals surface area contributed by atoms with Crippen molar-refractivity contribution in [3.8, 4) is 11.5 Å². The number of ether oxygens (including phenoxy) is 2. The molecule has 0 aliphatic carbocycles. The first kappa shape index (κ1) is 29.4. The summed E-state index contributed by atoms with van der Waals surface area (Å²) in [5.41, 5.74) is 7.29. The van der Waals surface area contributed by atoms with Crippen molar-refractivity contribution in [2.24, 2.45) is 0 Å². The molecule has 4 aromatic carbocycles. The first-order valence-corrected chi connectivity index (χ1v) is 15.2. The Morgan fingerprint density at radius 3 is 2.07 bits per heavy atom. The maximum atomic E-state index is 6.91. The van der Waals surface area contributed by atoms with Crippen molar-refractivity contribution < 1.29 is 9.47 Å². The lowest BCUT2D eigenvalue weighted by atomic mass is 9.84. The first-order valence-electron chi connectivity index (χ1n) is 14.4. The van der Waals surface area contributed by atoms with Crippen molar-refractivity contribution in [1.82, 2.24) is 9.97 Å². The van der Waals surface area contributed by atoms with Gasteiger partial charge in [-0.1, -0.05) is 90.5 Å². The highest BCUT2D eigenvalue weighted by atomic mass is 35.5. The fraction of sp³-hybridized carbons (Fsp3) is 0.105. The summed E-state index contributed by atoms with van der Waals surface area (Å²) in [4.78, 5) is 6.94. The molecule has 0 aliphatic heterocycles. The van der Waals surface area contributed by atoms with E-state index in [0.29, 0.717) is 23.3 Å². The van der Waals surface area contributed by atoms with Gasteiger partial charge in [0, 0.05) is 50.2 Å². The monoisotopic (exact) mass is 618 g/mol. The number of rotatable bonds is 11. The molecule has 0 amide bonds. The van der Waals surface area contributed by atoms with Crippen molar-refractivity contribution in [2.45, 2.75) is 19.4 Å². The van der Waals surface area contributed by atoms with E-state index in [-0.39, 0.29) is 5.92 Å². The van der Waals surface area contributed by atoms with Crippen LogP contribution in [0, 0.1) is 0 Å². The molecular formula is C38H32Cl2N2O2. The number of halogens is 2. The largest absolute Gasteiger partial charge is 0.489 e. The van der Waals surface area contributed by atoms with Crippen LogP contribution in [-0.2, 0) is 6.61 Å². The second-order valence-corrected chi connectivity index (χ2v) is 11.4.